The molecule has 1 aliphatic rings. The van der Waals surface area contributed by atoms with Crippen LogP contribution in [0.1, 0.15) is 30.1 Å². The molecule has 1 aromatic carbocycles. The van der Waals surface area contributed by atoms with Gasteiger partial charge in [-0.25, -0.2) is 4.39 Å². The van der Waals surface area contributed by atoms with E-state index in [4.69, 9.17) is 0 Å². The SMILES string of the molecule is CC(=O)NC1CCN(C(=O)c2ccc(Br)cc2F)CC1. The molecule has 0 aromatic heterocycles. The molecule has 2 rings (SSSR count). The van der Waals surface area contributed by atoms with Crippen molar-refractivity contribution in [3.05, 3.63) is 34.1 Å². The van der Waals surface area contributed by atoms with Crippen molar-refractivity contribution >= 4 is 27.7 Å². The molecule has 2 amide bonds. The number of rotatable bonds is 2. The molecule has 108 valence electrons. The van der Waals surface area contributed by atoms with Crippen molar-refractivity contribution in [1.82, 2.24) is 10.2 Å². The lowest BCUT2D eigenvalue weighted by atomic mass is 10.0. The van der Waals surface area contributed by atoms with Crippen molar-refractivity contribution in [3.63, 3.8) is 0 Å². The minimum absolute atomic E-state index is 0.0614. The Morgan fingerprint density at radius 3 is 2.55 bits per heavy atom. The standard InChI is InChI=1S/C14H16BrFN2O2/c1-9(19)17-11-4-6-18(7-5-11)14(20)12-3-2-10(15)8-13(12)16/h2-3,8,11H,4-7H2,1H3,(H,17,19). The Bertz CT molecular complexity index is 528. The summed E-state index contributed by atoms with van der Waals surface area (Å²) in [5, 5.41) is 2.84. The summed E-state index contributed by atoms with van der Waals surface area (Å²) >= 11 is 3.17. The van der Waals surface area contributed by atoms with Crippen molar-refractivity contribution in [3.8, 4) is 0 Å². The first kappa shape index (κ1) is 15.0. The van der Waals surface area contributed by atoms with Crippen LogP contribution in [0.3, 0.4) is 0 Å². The lowest BCUT2D eigenvalue weighted by molar-refractivity contribution is -0.119. The first-order chi connectivity index (χ1) is 9.47. The maximum absolute atomic E-state index is 13.8. The predicted octanol–water partition coefficient (Wildman–Crippen LogP) is 2.33. The van der Waals surface area contributed by atoms with Crippen molar-refractivity contribution in [2.24, 2.45) is 0 Å². The fourth-order valence-electron chi connectivity index (χ4n) is 2.35. The molecule has 0 unspecified atom stereocenters. The van der Waals surface area contributed by atoms with Gasteiger partial charge in [-0.3, -0.25) is 9.59 Å². The number of hydrogen-bond acceptors (Lipinski definition) is 2. The van der Waals surface area contributed by atoms with Gasteiger partial charge in [-0.2, -0.15) is 0 Å². The van der Waals surface area contributed by atoms with Crippen LogP contribution in [-0.2, 0) is 4.79 Å². The van der Waals surface area contributed by atoms with Crippen molar-refractivity contribution in [2.45, 2.75) is 25.8 Å². The predicted molar refractivity (Wildman–Crippen MR) is 76.8 cm³/mol. The molecule has 1 aromatic rings. The Kier molecular flexibility index (Phi) is 4.75. The molecule has 0 spiro atoms. The van der Waals surface area contributed by atoms with Crippen LogP contribution in [0.25, 0.3) is 0 Å². The van der Waals surface area contributed by atoms with E-state index in [0.717, 1.165) is 0 Å². The molecule has 1 heterocycles. The fourth-order valence-corrected chi connectivity index (χ4v) is 2.68. The molecule has 6 heteroatoms. The smallest absolute Gasteiger partial charge is 0.256 e. The number of likely N-dealkylation sites (tertiary alicyclic amines) is 1. The molecule has 1 aliphatic heterocycles. The summed E-state index contributed by atoms with van der Waals surface area (Å²) in [5.41, 5.74) is 0.0891. The summed E-state index contributed by atoms with van der Waals surface area (Å²) in [4.78, 5) is 24.9. The second-order valence-corrected chi connectivity index (χ2v) is 5.81. The normalized spacial score (nSPS) is 16.1. The average Bonchev–Trinajstić information content (AvgIpc) is 2.38. The van der Waals surface area contributed by atoms with Gasteiger partial charge in [0.25, 0.3) is 5.91 Å². The molecule has 0 radical (unpaired) electrons. The molecule has 0 atom stereocenters. The van der Waals surface area contributed by atoms with Gasteiger partial charge in [0.1, 0.15) is 5.82 Å². The molecular formula is C14H16BrFN2O2. The van der Waals surface area contributed by atoms with E-state index in [9.17, 15) is 14.0 Å². The van der Waals surface area contributed by atoms with E-state index >= 15 is 0 Å². The highest BCUT2D eigenvalue weighted by atomic mass is 79.9. The van der Waals surface area contributed by atoms with E-state index in [-0.39, 0.29) is 23.4 Å². The molecule has 1 fully saturated rings. The monoisotopic (exact) mass is 342 g/mol. The van der Waals surface area contributed by atoms with E-state index in [2.05, 4.69) is 21.2 Å². The molecular weight excluding hydrogens is 327 g/mol. The van der Waals surface area contributed by atoms with Crippen LogP contribution in [0.5, 0.6) is 0 Å². The second kappa shape index (κ2) is 6.35. The van der Waals surface area contributed by atoms with E-state index in [0.29, 0.717) is 30.4 Å². The van der Waals surface area contributed by atoms with Crippen LogP contribution >= 0.6 is 15.9 Å². The number of halogens is 2. The first-order valence-corrected chi connectivity index (χ1v) is 7.28. The number of hydrogen-bond donors (Lipinski definition) is 1. The summed E-state index contributed by atoms with van der Waals surface area (Å²) in [6.07, 6.45) is 1.40. The lowest BCUT2D eigenvalue weighted by Crippen LogP contribution is -2.46. The van der Waals surface area contributed by atoms with Gasteiger partial charge in [-0.1, -0.05) is 15.9 Å². The summed E-state index contributed by atoms with van der Waals surface area (Å²) in [6.45, 7) is 2.54. The van der Waals surface area contributed by atoms with Gasteiger partial charge < -0.3 is 10.2 Å². The van der Waals surface area contributed by atoms with E-state index in [1.54, 1.807) is 11.0 Å². The highest BCUT2D eigenvalue weighted by molar-refractivity contribution is 9.10. The first-order valence-electron chi connectivity index (χ1n) is 6.49. The maximum atomic E-state index is 13.8. The average molecular weight is 343 g/mol. The number of carbonyl (C=O) groups excluding carboxylic acids is 2. The number of nitrogens with one attached hydrogen (secondary N) is 1. The third-order valence-corrected chi connectivity index (χ3v) is 3.84. The quantitative estimate of drug-likeness (QED) is 0.896. The number of piperidine rings is 1. The molecule has 0 bridgehead atoms. The molecule has 20 heavy (non-hydrogen) atoms. The molecule has 4 nitrogen and oxygen atoms in total. The zero-order valence-corrected chi connectivity index (χ0v) is 12.7. The molecule has 0 saturated carbocycles. The zero-order valence-electron chi connectivity index (χ0n) is 11.2. The van der Waals surface area contributed by atoms with Gasteiger partial charge >= 0.3 is 0 Å². The summed E-state index contributed by atoms with van der Waals surface area (Å²) < 4.78 is 14.4. The van der Waals surface area contributed by atoms with Crippen molar-refractivity contribution in [2.75, 3.05) is 13.1 Å². The number of amides is 2. The van der Waals surface area contributed by atoms with Gasteiger partial charge in [-0.15, -0.1) is 0 Å². The largest absolute Gasteiger partial charge is 0.353 e. The number of nitrogens with zero attached hydrogens (tertiary/aromatic N) is 1. The van der Waals surface area contributed by atoms with Crippen molar-refractivity contribution < 1.29 is 14.0 Å². The summed E-state index contributed by atoms with van der Waals surface area (Å²) in [6, 6.07) is 4.53. The topological polar surface area (TPSA) is 49.4 Å². The fraction of sp³-hybridized carbons (Fsp3) is 0.429. The van der Waals surface area contributed by atoms with E-state index in [1.165, 1.54) is 19.1 Å². The molecule has 1 N–H and O–H groups in total. The van der Waals surface area contributed by atoms with Gasteiger partial charge in [0.05, 0.1) is 5.56 Å². The van der Waals surface area contributed by atoms with Crippen LogP contribution in [0.2, 0.25) is 0 Å². The Morgan fingerprint density at radius 1 is 1.35 bits per heavy atom. The Labute approximate surface area is 125 Å². The lowest BCUT2D eigenvalue weighted by Gasteiger charge is -2.32. The molecule has 0 aliphatic carbocycles. The van der Waals surface area contributed by atoms with Crippen LogP contribution in [0, 0.1) is 5.82 Å². The Balaban J connectivity index is 1.99. The number of carbonyl (C=O) groups is 2. The van der Waals surface area contributed by atoms with Gasteiger partial charge in [0.15, 0.2) is 0 Å². The molecule has 1 saturated heterocycles. The minimum atomic E-state index is -0.520. The third kappa shape index (κ3) is 3.56. The maximum Gasteiger partial charge on any atom is 0.256 e. The minimum Gasteiger partial charge on any atom is -0.353 e. The van der Waals surface area contributed by atoms with Crippen LogP contribution < -0.4 is 5.32 Å². The summed E-state index contributed by atoms with van der Waals surface area (Å²) in [5.74, 6) is -0.877. The third-order valence-electron chi connectivity index (χ3n) is 3.35. The van der Waals surface area contributed by atoms with Crippen LogP contribution in [0.15, 0.2) is 22.7 Å². The van der Waals surface area contributed by atoms with Crippen LogP contribution in [-0.4, -0.2) is 35.8 Å². The second-order valence-electron chi connectivity index (χ2n) is 4.89. The highest BCUT2D eigenvalue weighted by Crippen LogP contribution is 2.19. The Morgan fingerprint density at radius 2 is 2.00 bits per heavy atom. The summed E-state index contributed by atoms with van der Waals surface area (Å²) in [7, 11) is 0. The zero-order chi connectivity index (χ0) is 14.7. The van der Waals surface area contributed by atoms with Gasteiger partial charge in [0.2, 0.25) is 5.91 Å². The van der Waals surface area contributed by atoms with Crippen molar-refractivity contribution in [1.29, 1.82) is 0 Å². The van der Waals surface area contributed by atoms with E-state index < -0.39 is 5.82 Å². The van der Waals surface area contributed by atoms with Gasteiger partial charge in [0, 0.05) is 30.5 Å². The van der Waals surface area contributed by atoms with E-state index in [1.807, 2.05) is 0 Å². The van der Waals surface area contributed by atoms with Crippen LogP contribution in [0.4, 0.5) is 4.39 Å². The van der Waals surface area contributed by atoms with Gasteiger partial charge in [-0.05, 0) is 31.0 Å². The Hall–Kier alpha value is -1.43. The number of benzene rings is 1. The highest BCUT2D eigenvalue weighted by Gasteiger charge is 2.25.